The quantitative estimate of drug-likeness (QED) is 0.749. The second-order valence-corrected chi connectivity index (χ2v) is 8.14. The van der Waals surface area contributed by atoms with E-state index in [1.54, 1.807) is 24.1 Å². The second-order valence-electron chi connectivity index (χ2n) is 8.14. The SMILES string of the molecule is CN(CC1CCCC1)C(=O)OC[C@H]1O[C@@](C#N)(c2ccc3c(N)ncnn23)C[C@@H]1O. The number of nitrogen functional groups attached to an aromatic ring is 1. The Morgan fingerprint density at radius 1 is 1.50 bits per heavy atom. The van der Waals surface area contributed by atoms with E-state index < -0.39 is 23.9 Å². The number of amides is 1. The maximum Gasteiger partial charge on any atom is 0.409 e. The van der Waals surface area contributed by atoms with Gasteiger partial charge in [-0.1, -0.05) is 12.8 Å². The van der Waals surface area contributed by atoms with Crippen LogP contribution in [0.25, 0.3) is 5.52 Å². The summed E-state index contributed by atoms with van der Waals surface area (Å²) in [5.41, 5.74) is 5.43. The van der Waals surface area contributed by atoms with Gasteiger partial charge in [0.15, 0.2) is 11.4 Å². The number of ether oxygens (including phenoxy) is 2. The van der Waals surface area contributed by atoms with Crippen molar-refractivity contribution in [3.63, 3.8) is 0 Å². The molecule has 2 aromatic heterocycles. The van der Waals surface area contributed by atoms with Crippen molar-refractivity contribution in [3.05, 3.63) is 24.2 Å². The number of hydrogen-bond donors (Lipinski definition) is 2. The molecule has 0 bridgehead atoms. The summed E-state index contributed by atoms with van der Waals surface area (Å²) >= 11 is 0. The molecule has 0 unspecified atom stereocenters. The van der Waals surface area contributed by atoms with E-state index >= 15 is 0 Å². The van der Waals surface area contributed by atoms with Crippen LogP contribution in [0.4, 0.5) is 10.6 Å². The zero-order valence-corrected chi connectivity index (χ0v) is 16.9. The zero-order valence-electron chi connectivity index (χ0n) is 16.9. The molecule has 1 saturated heterocycles. The number of carbonyl (C=O) groups excluding carboxylic acids is 1. The van der Waals surface area contributed by atoms with Crippen molar-refractivity contribution < 1.29 is 19.4 Å². The fourth-order valence-corrected chi connectivity index (χ4v) is 4.43. The summed E-state index contributed by atoms with van der Waals surface area (Å²) < 4.78 is 12.8. The molecule has 0 radical (unpaired) electrons. The van der Waals surface area contributed by atoms with Crippen LogP contribution in [0.15, 0.2) is 18.5 Å². The first-order valence-corrected chi connectivity index (χ1v) is 10.2. The highest BCUT2D eigenvalue weighted by Crippen LogP contribution is 2.40. The van der Waals surface area contributed by atoms with Gasteiger partial charge in [-0.3, -0.25) is 0 Å². The number of carbonyl (C=O) groups is 1. The standard InChI is InChI=1S/C20H26N6O4/c1-25(9-13-4-2-3-5-13)19(28)29-10-16-15(27)8-20(11-21,30-16)17-7-6-14-18(22)23-12-24-26(14)17/h6-7,12-13,15-16,27H,2-5,8-10H2,1H3,(H2,22,23,24)/t15-,16+,20-/m0/s1. The number of aromatic nitrogens is 3. The van der Waals surface area contributed by atoms with Crippen molar-refractivity contribution in [1.29, 1.82) is 5.26 Å². The number of aliphatic hydroxyl groups excluding tert-OH is 1. The van der Waals surface area contributed by atoms with Gasteiger partial charge in [-0.15, -0.1) is 0 Å². The van der Waals surface area contributed by atoms with Crippen molar-refractivity contribution in [2.24, 2.45) is 5.92 Å². The summed E-state index contributed by atoms with van der Waals surface area (Å²) in [6.07, 6.45) is 3.74. The summed E-state index contributed by atoms with van der Waals surface area (Å²) in [6, 6.07) is 5.54. The van der Waals surface area contributed by atoms with E-state index in [0.717, 1.165) is 12.8 Å². The highest BCUT2D eigenvalue weighted by atomic mass is 16.6. The lowest BCUT2D eigenvalue weighted by atomic mass is 9.96. The molecule has 3 heterocycles. The van der Waals surface area contributed by atoms with Crippen LogP contribution in [0.3, 0.4) is 0 Å². The highest BCUT2D eigenvalue weighted by molar-refractivity contribution is 5.67. The summed E-state index contributed by atoms with van der Waals surface area (Å²) in [6.45, 7) is 0.519. The van der Waals surface area contributed by atoms with Gasteiger partial charge in [0.25, 0.3) is 0 Å². The molecule has 160 valence electrons. The monoisotopic (exact) mass is 414 g/mol. The minimum Gasteiger partial charge on any atom is -0.447 e. The Morgan fingerprint density at radius 2 is 2.27 bits per heavy atom. The molecule has 2 fully saturated rings. The molecule has 1 aliphatic carbocycles. The first kappa shape index (κ1) is 20.4. The van der Waals surface area contributed by atoms with Gasteiger partial charge >= 0.3 is 6.09 Å². The lowest BCUT2D eigenvalue weighted by molar-refractivity contribution is -0.0578. The Hall–Kier alpha value is -2.90. The number of nitrogens with two attached hydrogens (primary N) is 1. The van der Waals surface area contributed by atoms with Crippen LogP contribution < -0.4 is 5.73 Å². The van der Waals surface area contributed by atoms with E-state index in [-0.39, 0.29) is 18.8 Å². The molecule has 3 N–H and O–H groups in total. The fourth-order valence-electron chi connectivity index (χ4n) is 4.43. The van der Waals surface area contributed by atoms with Crippen molar-refractivity contribution in [1.82, 2.24) is 19.5 Å². The fraction of sp³-hybridized carbons (Fsp3) is 0.600. The molecule has 10 heteroatoms. The van der Waals surface area contributed by atoms with Crippen molar-refractivity contribution in [2.45, 2.75) is 49.9 Å². The molecular weight excluding hydrogens is 388 g/mol. The number of anilines is 1. The molecule has 3 atom stereocenters. The van der Waals surface area contributed by atoms with Crippen molar-refractivity contribution in [2.75, 3.05) is 25.9 Å². The number of nitriles is 1. The van der Waals surface area contributed by atoms with Gasteiger partial charge in [-0.05, 0) is 30.9 Å². The zero-order chi connectivity index (χ0) is 21.3. The normalized spacial score (nSPS) is 26.7. The smallest absolute Gasteiger partial charge is 0.409 e. The molecule has 4 rings (SSSR count). The number of fused-ring (bicyclic) bond motifs is 1. The minimum atomic E-state index is -1.43. The molecule has 2 aromatic rings. The average Bonchev–Trinajstić information content (AvgIpc) is 3.46. The Balaban J connectivity index is 1.43. The Bertz CT molecular complexity index is 966. The predicted octanol–water partition coefficient (Wildman–Crippen LogP) is 1.44. The first-order valence-electron chi connectivity index (χ1n) is 10.2. The second kappa shape index (κ2) is 8.08. The summed E-state index contributed by atoms with van der Waals surface area (Å²) in [5.74, 6) is 0.790. The van der Waals surface area contributed by atoms with Crippen LogP contribution in [-0.2, 0) is 15.1 Å². The van der Waals surface area contributed by atoms with E-state index in [1.807, 2.05) is 0 Å². The molecule has 1 amide bonds. The van der Waals surface area contributed by atoms with Gasteiger partial charge in [-0.25, -0.2) is 14.3 Å². The van der Waals surface area contributed by atoms with Crippen LogP contribution in [0, 0.1) is 17.2 Å². The van der Waals surface area contributed by atoms with Crippen molar-refractivity contribution >= 4 is 17.4 Å². The van der Waals surface area contributed by atoms with E-state index in [0.29, 0.717) is 23.7 Å². The summed E-state index contributed by atoms with van der Waals surface area (Å²) in [5, 5.41) is 24.6. The van der Waals surface area contributed by atoms with Crippen LogP contribution in [0.2, 0.25) is 0 Å². The number of nitrogens with zero attached hydrogens (tertiary/aromatic N) is 5. The molecule has 0 aromatic carbocycles. The molecule has 30 heavy (non-hydrogen) atoms. The van der Waals surface area contributed by atoms with Gasteiger partial charge in [-0.2, -0.15) is 10.4 Å². The highest BCUT2D eigenvalue weighted by Gasteiger charge is 2.50. The first-order chi connectivity index (χ1) is 14.4. The molecule has 1 aliphatic heterocycles. The van der Waals surface area contributed by atoms with Gasteiger partial charge < -0.3 is 25.2 Å². The van der Waals surface area contributed by atoms with Gasteiger partial charge in [0, 0.05) is 20.0 Å². The van der Waals surface area contributed by atoms with E-state index in [1.165, 1.54) is 23.7 Å². The molecule has 1 saturated carbocycles. The third-order valence-corrected chi connectivity index (χ3v) is 6.04. The van der Waals surface area contributed by atoms with Gasteiger partial charge in [0.1, 0.15) is 30.6 Å². The van der Waals surface area contributed by atoms with E-state index in [2.05, 4.69) is 16.2 Å². The van der Waals surface area contributed by atoms with Crippen LogP contribution >= 0.6 is 0 Å². The Morgan fingerprint density at radius 3 is 3.00 bits per heavy atom. The van der Waals surface area contributed by atoms with Crippen LogP contribution in [0.5, 0.6) is 0 Å². The van der Waals surface area contributed by atoms with Gasteiger partial charge in [0.05, 0.1) is 11.8 Å². The Kier molecular flexibility index (Phi) is 5.49. The molecule has 0 spiro atoms. The molecule has 10 nitrogen and oxygen atoms in total. The minimum absolute atomic E-state index is 0.0274. The molecule has 2 aliphatic rings. The number of hydrogen-bond acceptors (Lipinski definition) is 8. The maximum atomic E-state index is 12.3. The summed E-state index contributed by atoms with van der Waals surface area (Å²) in [7, 11) is 1.71. The third-order valence-electron chi connectivity index (χ3n) is 6.04. The van der Waals surface area contributed by atoms with E-state index in [4.69, 9.17) is 15.2 Å². The lowest BCUT2D eigenvalue weighted by Gasteiger charge is -2.23. The molecular formula is C20H26N6O4. The van der Waals surface area contributed by atoms with Crippen LogP contribution in [-0.4, -0.2) is 63.1 Å². The number of aliphatic hydroxyl groups is 1. The summed E-state index contributed by atoms with van der Waals surface area (Å²) in [4.78, 5) is 17.8. The third kappa shape index (κ3) is 3.66. The van der Waals surface area contributed by atoms with E-state index in [9.17, 15) is 15.2 Å². The average molecular weight is 414 g/mol. The predicted molar refractivity (Wildman–Crippen MR) is 106 cm³/mol. The largest absolute Gasteiger partial charge is 0.447 e. The number of rotatable bonds is 5. The van der Waals surface area contributed by atoms with Gasteiger partial charge in [0.2, 0.25) is 0 Å². The maximum absolute atomic E-state index is 12.3. The Labute approximate surface area is 174 Å². The van der Waals surface area contributed by atoms with Crippen molar-refractivity contribution in [3.8, 4) is 6.07 Å². The topological polar surface area (TPSA) is 139 Å². The van der Waals surface area contributed by atoms with Crippen LogP contribution in [0.1, 0.15) is 37.8 Å². The lowest BCUT2D eigenvalue weighted by Crippen LogP contribution is -2.35.